The fraction of sp³-hybridized carbons (Fsp3) is 0.222. The van der Waals surface area contributed by atoms with Gasteiger partial charge in [-0.2, -0.15) is 13.2 Å². The summed E-state index contributed by atoms with van der Waals surface area (Å²) in [6, 6.07) is 2.46. The molecule has 106 valence electrons. The van der Waals surface area contributed by atoms with Crippen LogP contribution in [-0.4, -0.2) is 18.4 Å². The third-order valence-corrected chi connectivity index (χ3v) is 2.29. The van der Waals surface area contributed by atoms with E-state index in [4.69, 9.17) is 0 Å². The Morgan fingerprint density at radius 2 is 1.74 bits per heavy atom. The third kappa shape index (κ3) is 4.97. The molecular weight excluding hydrogens is 348 g/mol. The molecule has 10 heteroatoms. The van der Waals surface area contributed by atoms with E-state index in [2.05, 4.69) is 20.7 Å². The van der Waals surface area contributed by atoms with Crippen LogP contribution in [0.4, 0.5) is 32.0 Å². The van der Waals surface area contributed by atoms with Gasteiger partial charge in [0.05, 0.1) is 4.47 Å². The topological polar surface area (TPSA) is 38.3 Å². The lowest BCUT2D eigenvalue weighted by atomic mass is 10.3. The van der Waals surface area contributed by atoms with Crippen LogP contribution in [0.2, 0.25) is 0 Å². The van der Waals surface area contributed by atoms with Crippen molar-refractivity contribution in [2.45, 2.75) is 12.5 Å². The van der Waals surface area contributed by atoms with Crippen LogP contribution in [0.5, 0.6) is 5.75 Å². The molecule has 0 spiro atoms. The highest BCUT2D eigenvalue weighted by molar-refractivity contribution is 9.10. The molecule has 0 aliphatic heterocycles. The number of alkyl halides is 6. The molecule has 0 saturated heterocycles. The molecule has 1 aromatic rings. The van der Waals surface area contributed by atoms with Crippen LogP contribution in [0.3, 0.4) is 0 Å². The van der Waals surface area contributed by atoms with Crippen molar-refractivity contribution >= 4 is 27.5 Å². The summed E-state index contributed by atoms with van der Waals surface area (Å²) in [7, 11) is 0. The van der Waals surface area contributed by atoms with Crippen LogP contribution < -0.4 is 10.1 Å². The summed E-state index contributed by atoms with van der Waals surface area (Å²) >= 11 is 2.68. The Kier molecular flexibility index (Phi) is 4.33. The largest absolute Gasteiger partial charge is 0.573 e. The molecule has 1 rings (SSSR count). The molecule has 0 radical (unpaired) electrons. The molecule has 0 unspecified atom stereocenters. The minimum atomic E-state index is -5.09. The van der Waals surface area contributed by atoms with E-state index < -0.39 is 24.2 Å². The van der Waals surface area contributed by atoms with Gasteiger partial charge in [0.2, 0.25) is 0 Å². The molecule has 1 aromatic carbocycles. The smallest absolute Gasteiger partial charge is 0.405 e. The molecule has 0 atom stereocenters. The van der Waals surface area contributed by atoms with Crippen molar-refractivity contribution in [2.75, 3.05) is 5.32 Å². The fourth-order valence-electron chi connectivity index (χ4n) is 0.988. The van der Waals surface area contributed by atoms with E-state index in [9.17, 15) is 31.1 Å². The van der Waals surface area contributed by atoms with Gasteiger partial charge in [0.1, 0.15) is 5.75 Å². The average Bonchev–Trinajstić information content (AvgIpc) is 2.19. The van der Waals surface area contributed by atoms with Gasteiger partial charge < -0.3 is 10.1 Å². The number of benzene rings is 1. The lowest BCUT2D eigenvalue weighted by Gasteiger charge is -2.12. The van der Waals surface area contributed by atoms with Crippen molar-refractivity contribution in [3.05, 3.63) is 22.7 Å². The highest BCUT2D eigenvalue weighted by atomic mass is 79.9. The lowest BCUT2D eigenvalue weighted by Crippen LogP contribution is -2.29. The van der Waals surface area contributed by atoms with E-state index in [1.54, 1.807) is 0 Å². The second kappa shape index (κ2) is 5.27. The molecule has 0 heterocycles. The van der Waals surface area contributed by atoms with Crippen LogP contribution in [0.25, 0.3) is 0 Å². The fourth-order valence-corrected chi connectivity index (χ4v) is 1.45. The Labute approximate surface area is 110 Å². The minimum Gasteiger partial charge on any atom is -0.405 e. The summed E-state index contributed by atoms with van der Waals surface area (Å²) < 4.78 is 74.9. The summed E-state index contributed by atoms with van der Waals surface area (Å²) in [4.78, 5) is 10.6. The maximum absolute atomic E-state index is 11.9. The van der Waals surface area contributed by atoms with E-state index in [0.29, 0.717) is 0 Å². The molecule has 0 aromatic heterocycles. The number of rotatable bonds is 2. The highest BCUT2D eigenvalue weighted by Gasteiger charge is 2.38. The summed E-state index contributed by atoms with van der Waals surface area (Å²) in [6.07, 6.45) is -10.0. The zero-order valence-corrected chi connectivity index (χ0v) is 10.3. The Balaban J connectivity index is 2.86. The van der Waals surface area contributed by atoms with Gasteiger partial charge in [-0.05, 0) is 34.1 Å². The van der Waals surface area contributed by atoms with Gasteiger partial charge in [0.15, 0.2) is 0 Å². The number of hydrogen-bond acceptors (Lipinski definition) is 2. The number of ether oxygens (including phenoxy) is 1. The van der Waals surface area contributed by atoms with Gasteiger partial charge in [-0.1, -0.05) is 0 Å². The number of nitrogens with one attached hydrogen (secondary N) is 1. The van der Waals surface area contributed by atoms with Crippen molar-refractivity contribution in [3.63, 3.8) is 0 Å². The Morgan fingerprint density at radius 1 is 1.16 bits per heavy atom. The molecule has 0 saturated carbocycles. The van der Waals surface area contributed by atoms with E-state index in [1.807, 2.05) is 0 Å². The summed E-state index contributed by atoms with van der Waals surface area (Å²) in [6.45, 7) is 0. The van der Waals surface area contributed by atoms with Crippen LogP contribution >= 0.6 is 15.9 Å². The number of halogens is 7. The molecule has 0 aliphatic carbocycles. The lowest BCUT2D eigenvalue weighted by molar-refractivity contribution is -0.274. The van der Waals surface area contributed by atoms with E-state index in [0.717, 1.165) is 18.2 Å². The van der Waals surface area contributed by atoms with E-state index in [1.165, 1.54) is 5.32 Å². The quantitative estimate of drug-likeness (QED) is 0.822. The maximum atomic E-state index is 11.9. The van der Waals surface area contributed by atoms with Crippen molar-refractivity contribution in [3.8, 4) is 5.75 Å². The highest BCUT2D eigenvalue weighted by Crippen LogP contribution is 2.32. The number of carbonyl (C=O) groups is 1. The maximum Gasteiger partial charge on any atom is 0.573 e. The molecular formula is C9H4BrF6NO2. The number of carbonyl (C=O) groups excluding carboxylic acids is 1. The van der Waals surface area contributed by atoms with Crippen molar-refractivity contribution in [1.82, 2.24) is 0 Å². The molecule has 0 bridgehead atoms. The first-order valence-corrected chi connectivity index (χ1v) is 5.22. The second-order valence-electron chi connectivity index (χ2n) is 3.14. The third-order valence-electron chi connectivity index (χ3n) is 1.67. The summed E-state index contributed by atoms with van der Waals surface area (Å²) in [5.41, 5.74) is -0.330. The summed E-state index contributed by atoms with van der Waals surface area (Å²) in [5, 5.41) is 1.48. The SMILES string of the molecule is O=C(Nc1ccc(OC(F)(F)F)c(Br)c1)C(F)(F)F. The molecule has 1 amide bonds. The van der Waals surface area contributed by atoms with Gasteiger partial charge >= 0.3 is 18.4 Å². The van der Waals surface area contributed by atoms with Crippen molar-refractivity contribution in [2.24, 2.45) is 0 Å². The zero-order valence-electron chi connectivity index (χ0n) is 8.69. The van der Waals surface area contributed by atoms with Crippen LogP contribution in [0.15, 0.2) is 22.7 Å². The van der Waals surface area contributed by atoms with Crippen LogP contribution in [0, 0.1) is 0 Å². The van der Waals surface area contributed by atoms with E-state index >= 15 is 0 Å². The zero-order chi connectivity index (χ0) is 14.8. The second-order valence-corrected chi connectivity index (χ2v) is 4.00. The Morgan fingerprint density at radius 3 is 2.16 bits per heavy atom. The van der Waals surface area contributed by atoms with Crippen LogP contribution in [0.1, 0.15) is 0 Å². The Hall–Kier alpha value is -1.45. The number of anilines is 1. The van der Waals surface area contributed by atoms with E-state index in [-0.39, 0.29) is 10.2 Å². The first-order chi connectivity index (χ1) is 8.49. The normalized spacial score (nSPS) is 12.2. The standard InChI is InChI=1S/C9H4BrF6NO2/c10-5-3-4(17-7(18)8(11,12)13)1-2-6(5)19-9(14,15)16/h1-3H,(H,17,18). The monoisotopic (exact) mass is 351 g/mol. The van der Waals surface area contributed by atoms with Crippen molar-refractivity contribution < 1.29 is 35.9 Å². The predicted molar refractivity (Wildman–Crippen MR) is 55.5 cm³/mol. The van der Waals surface area contributed by atoms with Gasteiger partial charge in [-0.3, -0.25) is 4.79 Å². The van der Waals surface area contributed by atoms with Gasteiger partial charge in [-0.15, -0.1) is 13.2 Å². The average molecular weight is 352 g/mol. The minimum absolute atomic E-state index is 0.259. The van der Waals surface area contributed by atoms with Gasteiger partial charge in [0.25, 0.3) is 0 Å². The number of hydrogen-bond donors (Lipinski definition) is 1. The summed E-state index contributed by atoms with van der Waals surface area (Å²) in [5.74, 6) is -2.87. The molecule has 0 fully saturated rings. The molecule has 1 N–H and O–H groups in total. The van der Waals surface area contributed by atoms with Gasteiger partial charge in [0, 0.05) is 5.69 Å². The molecule has 0 aliphatic rings. The number of amides is 1. The Bertz CT molecular complexity index is 485. The molecule has 3 nitrogen and oxygen atoms in total. The first-order valence-electron chi connectivity index (χ1n) is 4.42. The van der Waals surface area contributed by atoms with Crippen molar-refractivity contribution in [1.29, 1.82) is 0 Å². The molecule has 19 heavy (non-hydrogen) atoms. The van der Waals surface area contributed by atoms with Crippen LogP contribution in [-0.2, 0) is 4.79 Å². The first kappa shape index (κ1) is 15.6. The van der Waals surface area contributed by atoms with Gasteiger partial charge in [-0.25, -0.2) is 0 Å². The predicted octanol–water partition coefficient (Wildman–Crippen LogP) is 3.85.